The van der Waals surface area contributed by atoms with Gasteiger partial charge in [0.2, 0.25) is 10.0 Å². The van der Waals surface area contributed by atoms with E-state index < -0.39 is 21.9 Å². The monoisotopic (exact) mass is 355 g/mol. The molecule has 1 aromatic rings. The van der Waals surface area contributed by atoms with Gasteiger partial charge in [0.25, 0.3) is 0 Å². The summed E-state index contributed by atoms with van der Waals surface area (Å²) in [6.07, 6.45) is 0.228. The lowest BCUT2D eigenvalue weighted by Crippen LogP contribution is -2.38. The first-order chi connectivity index (χ1) is 8.90. The van der Waals surface area contributed by atoms with E-state index in [1.54, 1.807) is 0 Å². The quantitative estimate of drug-likeness (QED) is 0.772. The highest BCUT2D eigenvalue weighted by Crippen LogP contribution is 2.23. The van der Waals surface area contributed by atoms with Gasteiger partial charge in [-0.25, -0.2) is 17.5 Å². The Balaban J connectivity index is 2.96. The number of halogens is 2. The van der Waals surface area contributed by atoms with Gasteiger partial charge in [0.1, 0.15) is 5.82 Å². The second-order valence-corrected chi connectivity index (χ2v) is 6.40. The van der Waals surface area contributed by atoms with Crippen molar-refractivity contribution in [1.29, 1.82) is 0 Å². The maximum absolute atomic E-state index is 12.9. The van der Waals surface area contributed by atoms with Crippen LogP contribution in [0.15, 0.2) is 27.6 Å². The molecule has 8 heteroatoms. The molecule has 1 rings (SSSR count). The molecule has 0 aromatic heterocycles. The lowest BCUT2D eigenvalue weighted by molar-refractivity contribution is 0.158. The van der Waals surface area contributed by atoms with Crippen molar-refractivity contribution in [3.05, 3.63) is 28.5 Å². The van der Waals surface area contributed by atoms with Gasteiger partial charge >= 0.3 is 0 Å². The predicted octanol–water partition coefficient (Wildman–Crippen LogP) is 1.26. The van der Waals surface area contributed by atoms with Crippen molar-refractivity contribution in [3.8, 4) is 0 Å². The summed E-state index contributed by atoms with van der Waals surface area (Å²) in [4.78, 5) is -0.0621. The lowest BCUT2D eigenvalue weighted by atomic mass is 10.2. The fraction of sp³-hybridized carbons (Fsp3) is 0.455. The van der Waals surface area contributed by atoms with E-state index in [2.05, 4.69) is 20.7 Å². The number of hydrogen-bond donors (Lipinski definition) is 2. The smallest absolute Gasteiger partial charge is 0.242 e. The molecule has 1 atom stereocenters. The van der Waals surface area contributed by atoms with E-state index in [9.17, 15) is 12.8 Å². The topological polar surface area (TPSA) is 75.6 Å². The van der Waals surface area contributed by atoms with Gasteiger partial charge in [-0.3, -0.25) is 0 Å². The third-order valence-corrected chi connectivity index (χ3v) is 4.85. The van der Waals surface area contributed by atoms with Crippen LogP contribution in [-0.4, -0.2) is 39.9 Å². The van der Waals surface area contributed by atoms with E-state index in [1.807, 2.05) is 0 Å². The molecule has 2 N–H and O–H groups in total. The molecule has 19 heavy (non-hydrogen) atoms. The van der Waals surface area contributed by atoms with Crippen LogP contribution in [0.4, 0.5) is 4.39 Å². The second kappa shape index (κ2) is 7.30. The molecule has 0 aliphatic carbocycles. The van der Waals surface area contributed by atoms with Crippen LogP contribution >= 0.6 is 15.9 Å². The average molecular weight is 356 g/mol. The Morgan fingerprint density at radius 3 is 2.74 bits per heavy atom. The van der Waals surface area contributed by atoms with Crippen molar-refractivity contribution in [3.63, 3.8) is 0 Å². The number of benzene rings is 1. The van der Waals surface area contributed by atoms with Crippen LogP contribution in [-0.2, 0) is 14.8 Å². The molecular weight excluding hydrogens is 341 g/mol. The second-order valence-electron chi connectivity index (χ2n) is 3.86. The summed E-state index contributed by atoms with van der Waals surface area (Å²) in [6.45, 7) is -0.0280. The van der Waals surface area contributed by atoms with Gasteiger partial charge in [-0.15, -0.1) is 0 Å². The molecule has 1 aromatic carbocycles. The summed E-state index contributed by atoms with van der Waals surface area (Å²) in [7, 11) is -2.37. The molecule has 0 aliphatic rings. The van der Waals surface area contributed by atoms with Crippen LogP contribution in [0.5, 0.6) is 0 Å². The fourth-order valence-corrected chi connectivity index (χ4v) is 3.81. The number of aliphatic hydroxyl groups excluding tert-OH is 1. The van der Waals surface area contributed by atoms with Gasteiger partial charge < -0.3 is 9.84 Å². The molecule has 5 nitrogen and oxygen atoms in total. The highest BCUT2D eigenvalue weighted by molar-refractivity contribution is 9.10. The zero-order valence-corrected chi connectivity index (χ0v) is 12.7. The molecule has 0 saturated carbocycles. The molecule has 0 heterocycles. The molecule has 108 valence electrons. The summed E-state index contributed by atoms with van der Waals surface area (Å²) in [5, 5.41) is 8.87. The molecule has 1 unspecified atom stereocenters. The zero-order chi connectivity index (χ0) is 14.5. The summed E-state index contributed by atoms with van der Waals surface area (Å²) >= 11 is 3.01. The molecule has 0 radical (unpaired) electrons. The molecule has 0 amide bonds. The van der Waals surface area contributed by atoms with E-state index >= 15 is 0 Å². The van der Waals surface area contributed by atoms with Gasteiger partial charge in [-0.2, -0.15) is 0 Å². The average Bonchev–Trinajstić information content (AvgIpc) is 2.28. The maximum Gasteiger partial charge on any atom is 0.242 e. The van der Waals surface area contributed by atoms with Crippen molar-refractivity contribution in [2.24, 2.45) is 0 Å². The van der Waals surface area contributed by atoms with E-state index in [1.165, 1.54) is 13.2 Å². The third-order valence-electron chi connectivity index (χ3n) is 2.35. The molecule has 0 fully saturated rings. The molecule has 0 aliphatic heterocycles. The largest absolute Gasteiger partial charge is 0.396 e. The first-order valence-corrected chi connectivity index (χ1v) is 7.75. The van der Waals surface area contributed by atoms with Crippen molar-refractivity contribution in [1.82, 2.24) is 4.72 Å². The highest BCUT2D eigenvalue weighted by Gasteiger charge is 2.22. The fourth-order valence-electron chi connectivity index (χ4n) is 1.51. The van der Waals surface area contributed by atoms with Crippen molar-refractivity contribution in [2.45, 2.75) is 17.4 Å². The van der Waals surface area contributed by atoms with Crippen LogP contribution in [0.25, 0.3) is 0 Å². The van der Waals surface area contributed by atoms with Crippen molar-refractivity contribution in [2.75, 3.05) is 20.3 Å². The van der Waals surface area contributed by atoms with Crippen LogP contribution in [0.3, 0.4) is 0 Å². The van der Waals surface area contributed by atoms with Gasteiger partial charge in [-0.05, 0) is 40.5 Å². The number of rotatable bonds is 7. The number of nitrogens with one attached hydrogen (secondary N) is 1. The minimum atomic E-state index is -3.81. The number of hydrogen-bond acceptors (Lipinski definition) is 4. The van der Waals surface area contributed by atoms with E-state index in [-0.39, 0.29) is 29.0 Å². The zero-order valence-electron chi connectivity index (χ0n) is 10.3. The van der Waals surface area contributed by atoms with Crippen LogP contribution in [0.1, 0.15) is 6.42 Å². The molecule has 0 saturated heterocycles. The number of aliphatic hydroxyl groups is 1. The minimum Gasteiger partial charge on any atom is -0.396 e. The predicted molar refractivity (Wildman–Crippen MR) is 71.8 cm³/mol. The molecule has 0 bridgehead atoms. The normalized spacial score (nSPS) is 13.5. The standard InChI is InChI=1S/C11H15BrFNO4S/c1-18-7-9(4-5-15)14-19(16,17)11-3-2-8(13)6-10(11)12/h2-3,6,9,14-15H,4-5,7H2,1H3. The van der Waals surface area contributed by atoms with Crippen molar-refractivity contribution >= 4 is 26.0 Å². The third kappa shape index (κ3) is 4.81. The summed E-state index contributed by atoms with van der Waals surface area (Å²) in [5.74, 6) is -0.533. The van der Waals surface area contributed by atoms with Crippen LogP contribution < -0.4 is 4.72 Å². The van der Waals surface area contributed by atoms with Gasteiger partial charge in [-0.1, -0.05) is 0 Å². The van der Waals surface area contributed by atoms with Gasteiger partial charge in [0.05, 0.1) is 11.5 Å². The van der Waals surface area contributed by atoms with E-state index in [0.29, 0.717) is 0 Å². The lowest BCUT2D eigenvalue weighted by Gasteiger charge is -2.17. The Bertz CT molecular complexity index is 517. The minimum absolute atomic E-state index is 0.0621. The summed E-state index contributed by atoms with van der Waals surface area (Å²) in [5.41, 5.74) is 0. The summed E-state index contributed by atoms with van der Waals surface area (Å²) in [6, 6.07) is 2.77. The van der Waals surface area contributed by atoms with Gasteiger partial charge in [0, 0.05) is 24.2 Å². The summed E-state index contributed by atoms with van der Waals surface area (Å²) < 4.78 is 44.6. The Kier molecular flexibility index (Phi) is 6.34. The Labute approximate surface area is 120 Å². The highest BCUT2D eigenvalue weighted by atomic mass is 79.9. The number of methoxy groups -OCH3 is 1. The number of ether oxygens (including phenoxy) is 1. The van der Waals surface area contributed by atoms with Crippen LogP contribution in [0.2, 0.25) is 0 Å². The Morgan fingerprint density at radius 1 is 1.53 bits per heavy atom. The molecule has 0 spiro atoms. The SMILES string of the molecule is COCC(CCO)NS(=O)(=O)c1ccc(F)cc1Br. The Morgan fingerprint density at radius 2 is 2.21 bits per heavy atom. The maximum atomic E-state index is 12.9. The molecular formula is C11H15BrFNO4S. The van der Waals surface area contributed by atoms with E-state index in [4.69, 9.17) is 9.84 Å². The van der Waals surface area contributed by atoms with Gasteiger partial charge in [0.15, 0.2) is 0 Å². The first-order valence-electron chi connectivity index (χ1n) is 5.48. The first kappa shape index (κ1) is 16.5. The number of sulfonamides is 1. The van der Waals surface area contributed by atoms with Crippen LogP contribution in [0, 0.1) is 5.82 Å². The van der Waals surface area contributed by atoms with E-state index in [0.717, 1.165) is 12.1 Å². The van der Waals surface area contributed by atoms with Crippen molar-refractivity contribution < 1.29 is 22.7 Å². The Hall–Kier alpha value is -0.540.